The van der Waals surface area contributed by atoms with Crippen LogP contribution in [0.2, 0.25) is 0 Å². The molecule has 0 atom stereocenters. The minimum Gasteiger partial charge on any atom is -0.395 e. The molecular formula is C27H25F2N3O5S. The average Bonchev–Trinajstić information content (AvgIpc) is 3.42. The Balaban J connectivity index is 1.34. The fourth-order valence-electron chi connectivity index (χ4n) is 4.35. The number of rotatable bonds is 8. The van der Waals surface area contributed by atoms with E-state index in [1.807, 2.05) is 11.5 Å². The number of para-hydroxylation sites is 1. The average molecular weight is 542 g/mol. The largest absolute Gasteiger partial charge is 0.586 e. The van der Waals surface area contributed by atoms with Crippen LogP contribution in [0.3, 0.4) is 0 Å². The van der Waals surface area contributed by atoms with E-state index >= 15 is 0 Å². The van der Waals surface area contributed by atoms with Gasteiger partial charge >= 0.3 is 6.29 Å². The van der Waals surface area contributed by atoms with Crippen molar-refractivity contribution in [1.29, 1.82) is 0 Å². The molecule has 2 heterocycles. The number of amides is 1. The first-order valence-electron chi connectivity index (χ1n) is 12.1. The summed E-state index contributed by atoms with van der Waals surface area (Å²) in [5.41, 5.74) is 3.03. The summed E-state index contributed by atoms with van der Waals surface area (Å²) in [7, 11) is -3.28. The van der Waals surface area contributed by atoms with Crippen LogP contribution in [0.5, 0.6) is 11.5 Å². The highest BCUT2D eigenvalue weighted by Crippen LogP contribution is 2.43. The third kappa shape index (κ3) is 4.93. The zero-order chi connectivity index (χ0) is 27.1. The van der Waals surface area contributed by atoms with Crippen LogP contribution < -0.4 is 14.8 Å². The fourth-order valence-corrected chi connectivity index (χ4v) is 5.24. The Kier molecular flexibility index (Phi) is 6.56. The van der Waals surface area contributed by atoms with Gasteiger partial charge in [0, 0.05) is 24.1 Å². The van der Waals surface area contributed by atoms with Gasteiger partial charge in [-0.1, -0.05) is 38.1 Å². The van der Waals surface area contributed by atoms with Crippen LogP contribution in [0.1, 0.15) is 41.2 Å². The van der Waals surface area contributed by atoms with E-state index in [2.05, 4.69) is 15.0 Å². The number of nitrogens with zero attached hydrogens (tertiary/aromatic N) is 2. The molecule has 0 saturated carbocycles. The highest BCUT2D eigenvalue weighted by molar-refractivity contribution is 7.91. The van der Waals surface area contributed by atoms with Crippen molar-refractivity contribution in [1.82, 2.24) is 14.9 Å². The fraction of sp³-hybridized carbons (Fsp3) is 0.259. The Bertz CT molecular complexity index is 1630. The minimum atomic E-state index is -3.71. The van der Waals surface area contributed by atoms with Gasteiger partial charge in [-0.15, -0.1) is 8.78 Å². The lowest BCUT2D eigenvalue weighted by molar-refractivity contribution is -0.286. The van der Waals surface area contributed by atoms with Crippen LogP contribution in [0.15, 0.2) is 65.6 Å². The first-order chi connectivity index (χ1) is 18.1. The number of imidazole rings is 1. The minimum absolute atomic E-state index is 0.00210. The van der Waals surface area contributed by atoms with Gasteiger partial charge in [0.05, 0.1) is 28.2 Å². The molecule has 5 rings (SSSR count). The molecule has 1 amide bonds. The van der Waals surface area contributed by atoms with Gasteiger partial charge < -0.3 is 19.4 Å². The molecule has 0 spiro atoms. The molecule has 1 aliphatic heterocycles. The van der Waals surface area contributed by atoms with Crippen molar-refractivity contribution in [3.8, 4) is 11.5 Å². The van der Waals surface area contributed by atoms with E-state index in [1.165, 1.54) is 18.2 Å². The van der Waals surface area contributed by atoms with E-state index in [0.29, 0.717) is 23.1 Å². The molecule has 0 aliphatic carbocycles. The lowest BCUT2D eigenvalue weighted by Crippen LogP contribution is -2.26. The van der Waals surface area contributed by atoms with Crippen LogP contribution in [0.4, 0.5) is 8.78 Å². The van der Waals surface area contributed by atoms with Crippen LogP contribution >= 0.6 is 0 Å². The molecule has 0 radical (unpaired) electrons. The van der Waals surface area contributed by atoms with Gasteiger partial charge in [-0.2, -0.15) is 0 Å². The second-order valence-electron chi connectivity index (χ2n) is 8.81. The van der Waals surface area contributed by atoms with Crippen molar-refractivity contribution in [3.05, 3.63) is 83.2 Å². The number of sulfone groups is 1. The molecule has 4 aromatic rings. The molecule has 0 bridgehead atoms. The van der Waals surface area contributed by atoms with Crippen LogP contribution in [-0.2, 0) is 29.3 Å². The maximum absolute atomic E-state index is 13.6. The van der Waals surface area contributed by atoms with Gasteiger partial charge in [0.2, 0.25) is 0 Å². The highest BCUT2D eigenvalue weighted by atomic mass is 32.2. The Hall–Kier alpha value is -3.99. The number of fused-ring (bicyclic) bond motifs is 2. The first kappa shape index (κ1) is 25.7. The number of carbonyl (C=O) groups excluding carboxylic acids is 1. The highest BCUT2D eigenvalue weighted by Gasteiger charge is 2.44. The van der Waals surface area contributed by atoms with Gasteiger partial charge in [0.1, 0.15) is 5.82 Å². The summed E-state index contributed by atoms with van der Waals surface area (Å²) in [5, 5.41) is 2.84. The zero-order valence-electron chi connectivity index (χ0n) is 20.7. The smallest absolute Gasteiger partial charge is 0.395 e. The molecule has 1 aromatic heterocycles. The molecule has 1 aliphatic rings. The summed E-state index contributed by atoms with van der Waals surface area (Å²) >= 11 is 0. The Morgan fingerprint density at radius 2 is 1.82 bits per heavy atom. The summed E-state index contributed by atoms with van der Waals surface area (Å²) < 4.78 is 62.4. The number of hydrogen-bond donors (Lipinski definition) is 1. The molecule has 3 aromatic carbocycles. The predicted octanol–water partition coefficient (Wildman–Crippen LogP) is 4.69. The second-order valence-corrected chi connectivity index (χ2v) is 11.1. The van der Waals surface area contributed by atoms with E-state index in [1.54, 1.807) is 49.4 Å². The SMILES string of the molecule is CCc1nc2cc(C(=O)NCc3ccc(S(=O)(=O)CC)cc3)ccc2n1Cc1cccc2c1OC(F)(F)O2. The van der Waals surface area contributed by atoms with Crippen LogP contribution in [0.25, 0.3) is 11.0 Å². The van der Waals surface area contributed by atoms with E-state index < -0.39 is 16.1 Å². The monoisotopic (exact) mass is 541 g/mol. The van der Waals surface area contributed by atoms with E-state index in [4.69, 9.17) is 4.74 Å². The number of alkyl halides is 2. The van der Waals surface area contributed by atoms with E-state index in [-0.39, 0.29) is 41.1 Å². The standard InChI is InChI=1S/C27H25F2N3O5S/c1-3-24-31-21-14-18(26(33)30-15-17-8-11-20(12-9-17)38(34,35)4-2)10-13-22(21)32(24)16-19-6-5-7-23-25(19)37-27(28,29)36-23/h5-14H,3-4,15-16H2,1-2H3,(H,30,33). The van der Waals surface area contributed by atoms with E-state index in [0.717, 1.165) is 16.9 Å². The normalized spacial score (nSPS) is 14.1. The summed E-state index contributed by atoms with van der Waals surface area (Å²) in [4.78, 5) is 17.7. The Morgan fingerprint density at radius 3 is 2.53 bits per heavy atom. The van der Waals surface area contributed by atoms with Crippen molar-refractivity contribution in [2.75, 3.05) is 5.75 Å². The Labute approximate surface area is 218 Å². The molecule has 198 valence electrons. The lowest BCUT2D eigenvalue weighted by atomic mass is 10.1. The topological polar surface area (TPSA) is 99.5 Å². The molecule has 8 nitrogen and oxygen atoms in total. The van der Waals surface area contributed by atoms with Crippen molar-refractivity contribution in [2.24, 2.45) is 0 Å². The van der Waals surface area contributed by atoms with Gasteiger partial charge in [-0.25, -0.2) is 13.4 Å². The maximum Gasteiger partial charge on any atom is 0.586 e. The summed E-state index contributed by atoms with van der Waals surface area (Å²) in [6.45, 7) is 3.98. The third-order valence-electron chi connectivity index (χ3n) is 6.36. The van der Waals surface area contributed by atoms with Crippen LogP contribution in [0, 0.1) is 0 Å². The predicted molar refractivity (Wildman–Crippen MR) is 136 cm³/mol. The zero-order valence-corrected chi connectivity index (χ0v) is 21.5. The number of carbonyl (C=O) groups is 1. The lowest BCUT2D eigenvalue weighted by Gasteiger charge is -2.11. The van der Waals surface area contributed by atoms with E-state index in [9.17, 15) is 22.0 Å². The van der Waals surface area contributed by atoms with Crippen molar-refractivity contribution in [2.45, 2.75) is 44.5 Å². The summed E-state index contributed by atoms with van der Waals surface area (Å²) in [6.07, 6.45) is -3.12. The number of hydrogen-bond acceptors (Lipinski definition) is 6. The number of halogens is 2. The molecule has 1 N–H and O–H groups in total. The number of nitrogens with one attached hydrogen (secondary N) is 1. The second kappa shape index (κ2) is 9.71. The third-order valence-corrected chi connectivity index (χ3v) is 8.11. The van der Waals surface area contributed by atoms with Gasteiger partial charge in [0.25, 0.3) is 5.91 Å². The van der Waals surface area contributed by atoms with Crippen molar-refractivity contribution < 1.29 is 31.5 Å². The van der Waals surface area contributed by atoms with Crippen molar-refractivity contribution >= 4 is 26.8 Å². The van der Waals surface area contributed by atoms with Crippen molar-refractivity contribution in [3.63, 3.8) is 0 Å². The quantitative estimate of drug-likeness (QED) is 0.348. The molecule has 11 heteroatoms. The van der Waals surface area contributed by atoms with Gasteiger partial charge in [0.15, 0.2) is 21.3 Å². The molecular weight excluding hydrogens is 516 g/mol. The van der Waals surface area contributed by atoms with Gasteiger partial charge in [-0.05, 0) is 42.0 Å². The van der Waals surface area contributed by atoms with Gasteiger partial charge in [-0.3, -0.25) is 4.79 Å². The number of aromatic nitrogens is 2. The Morgan fingerprint density at radius 1 is 1.05 bits per heavy atom. The first-order valence-corrected chi connectivity index (χ1v) is 13.7. The molecule has 0 fully saturated rings. The maximum atomic E-state index is 13.6. The number of ether oxygens (including phenoxy) is 2. The van der Waals surface area contributed by atoms with Crippen LogP contribution in [-0.4, -0.2) is 35.9 Å². The number of benzene rings is 3. The summed E-state index contributed by atoms with van der Waals surface area (Å²) in [6, 6.07) is 16.3. The molecule has 0 saturated heterocycles. The molecule has 0 unspecified atom stereocenters. The molecule has 38 heavy (non-hydrogen) atoms. The summed E-state index contributed by atoms with van der Waals surface area (Å²) in [5.74, 6) is 0.418. The number of aryl methyl sites for hydroxylation is 1.